The molecule has 0 aromatic heterocycles. The molecule has 2 rings (SSSR count). The van der Waals surface area contributed by atoms with E-state index in [9.17, 15) is 25.0 Å². The average Bonchev–Trinajstić information content (AvgIpc) is 2.47. The summed E-state index contributed by atoms with van der Waals surface area (Å²) in [6, 6.07) is 8.61. The zero-order valence-electron chi connectivity index (χ0n) is 10.9. The van der Waals surface area contributed by atoms with Crippen LogP contribution in [0.1, 0.15) is 10.4 Å². The Morgan fingerprint density at radius 1 is 1.05 bits per heavy atom. The highest BCUT2D eigenvalue weighted by Gasteiger charge is 2.17. The highest BCUT2D eigenvalue weighted by molar-refractivity contribution is 5.90. The third-order valence-electron chi connectivity index (χ3n) is 2.78. The number of carboxylic acid groups (broad SMARTS) is 1. The molecule has 2 aromatic carbocycles. The van der Waals surface area contributed by atoms with Gasteiger partial charge in [0.2, 0.25) is 0 Å². The van der Waals surface area contributed by atoms with Crippen molar-refractivity contribution in [1.29, 1.82) is 0 Å². The number of rotatable bonds is 5. The predicted molar refractivity (Wildman–Crippen MR) is 76.4 cm³/mol. The number of hydrogen-bond acceptors (Lipinski definition) is 6. The summed E-state index contributed by atoms with van der Waals surface area (Å²) >= 11 is 0. The summed E-state index contributed by atoms with van der Waals surface area (Å²) in [6.45, 7) is 0. The summed E-state index contributed by atoms with van der Waals surface area (Å²) in [6.07, 6.45) is 0. The molecule has 0 heterocycles. The van der Waals surface area contributed by atoms with Crippen LogP contribution in [-0.2, 0) is 0 Å². The number of nitro groups is 2. The van der Waals surface area contributed by atoms with E-state index < -0.39 is 15.8 Å². The molecule has 0 spiro atoms. The third kappa shape index (κ3) is 3.15. The number of aromatic carboxylic acids is 1. The van der Waals surface area contributed by atoms with E-state index in [4.69, 9.17) is 5.11 Å². The molecule has 2 aromatic rings. The van der Waals surface area contributed by atoms with Gasteiger partial charge in [0.25, 0.3) is 11.4 Å². The minimum atomic E-state index is -1.24. The fourth-order valence-corrected chi connectivity index (χ4v) is 1.78. The Labute approximate surface area is 123 Å². The van der Waals surface area contributed by atoms with Crippen LogP contribution in [-0.4, -0.2) is 20.9 Å². The Bertz CT molecular complexity index is 774. The van der Waals surface area contributed by atoms with Gasteiger partial charge < -0.3 is 10.4 Å². The quantitative estimate of drug-likeness (QED) is 0.640. The van der Waals surface area contributed by atoms with Gasteiger partial charge in [-0.1, -0.05) is 6.07 Å². The number of carboxylic acids is 1. The lowest BCUT2D eigenvalue weighted by Crippen LogP contribution is -2.02. The molecule has 0 saturated carbocycles. The molecule has 9 nitrogen and oxygen atoms in total. The highest BCUT2D eigenvalue weighted by Crippen LogP contribution is 2.29. The van der Waals surface area contributed by atoms with E-state index in [1.165, 1.54) is 24.3 Å². The maximum atomic E-state index is 11.0. The molecule has 0 aliphatic heterocycles. The molecule has 2 N–H and O–H groups in total. The largest absolute Gasteiger partial charge is 0.478 e. The van der Waals surface area contributed by atoms with Crippen LogP contribution in [0, 0.1) is 20.2 Å². The second kappa shape index (κ2) is 5.87. The number of benzene rings is 2. The van der Waals surface area contributed by atoms with Crippen molar-refractivity contribution in [1.82, 2.24) is 0 Å². The number of anilines is 2. The van der Waals surface area contributed by atoms with E-state index in [0.29, 0.717) is 0 Å². The minimum absolute atomic E-state index is 0.0644. The minimum Gasteiger partial charge on any atom is -0.478 e. The van der Waals surface area contributed by atoms with Gasteiger partial charge in [0, 0.05) is 23.9 Å². The monoisotopic (exact) mass is 303 g/mol. The summed E-state index contributed by atoms with van der Waals surface area (Å²) in [5.74, 6) is -1.24. The molecule has 0 aliphatic carbocycles. The first-order chi connectivity index (χ1) is 10.4. The van der Waals surface area contributed by atoms with Crippen molar-refractivity contribution in [2.75, 3.05) is 5.32 Å². The number of hydrogen-bond donors (Lipinski definition) is 2. The lowest BCUT2D eigenvalue weighted by Gasteiger charge is -2.08. The molecule has 0 fully saturated rings. The van der Waals surface area contributed by atoms with E-state index in [1.54, 1.807) is 0 Å². The standard InChI is InChI=1S/C13H9N3O6/c17-13(18)8-4-5-12(16(21)22)11(6-8)14-9-2-1-3-10(7-9)15(19)20/h1-7,14H,(H,17,18). The first-order valence-electron chi connectivity index (χ1n) is 5.91. The molecule has 0 aliphatic rings. The van der Waals surface area contributed by atoms with Gasteiger partial charge in [-0.2, -0.15) is 0 Å². The molecular formula is C13H9N3O6. The first kappa shape index (κ1) is 14.9. The number of nitrogens with one attached hydrogen (secondary N) is 1. The van der Waals surface area contributed by atoms with E-state index in [-0.39, 0.29) is 28.3 Å². The molecule has 0 saturated heterocycles. The first-order valence-corrected chi connectivity index (χ1v) is 5.91. The number of non-ortho nitro benzene ring substituents is 1. The average molecular weight is 303 g/mol. The SMILES string of the molecule is O=C(O)c1ccc([N+](=O)[O-])c(Nc2cccc([N+](=O)[O-])c2)c1. The van der Waals surface area contributed by atoms with Crippen LogP contribution in [0.2, 0.25) is 0 Å². The second-order valence-electron chi connectivity index (χ2n) is 4.23. The molecule has 22 heavy (non-hydrogen) atoms. The Morgan fingerprint density at radius 2 is 1.77 bits per heavy atom. The van der Waals surface area contributed by atoms with E-state index in [2.05, 4.69) is 5.32 Å². The zero-order valence-corrected chi connectivity index (χ0v) is 10.9. The molecule has 9 heteroatoms. The Balaban J connectivity index is 2.45. The van der Waals surface area contributed by atoms with E-state index in [0.717, 1.165) is 18.2 Å². The third-order valence-corrected chi connectivity index (χ3v) is 2.78. The number of nitro benzene ring substituents is 2. The molecule has 112 valence electrons. The van der Waals surface area contributed by atoms with E-state index >= 15 is 0 Å². The molecule has 0 atom stereocenters. The summed E-state index contributed by atoms with van der Waals surface area (Å²) in [5, 5.41) is 33.3. The smallest absolute Gasteiger partial charge is 0.335 e. The maximum Gasteiger partial charge on any atom is 0.335 e. The van der Waals surface area contributed by atoms with Crippen molar-refractivity contribution in [3.63, 3.8) is 0 Å². The van der Waals surface area contributed by atoms with Crippen molar-refractivity contribution in [3.8, 4) is 0 Å². The van der Waals surface area contributed by atoms with Crippen molar-refractivity contribution in [2.45, 2.75) is 0 Å². The van der Waals surface area contributed by atoms with Gasteiger partial charge >= 0.3 is 5.97 Å². The van der Waals surface area contributed by atoms with Crippen molar-refractivity contribution in [3.05, 3.63) is 68.3 Å². The molecule has 0 unspecified atom stereocenters. The van der Waals surface area contributed by atoms with Gasteiger partial charge in [-0.05, 0) is 18.2 Å². The summed E-state index contributed by atoms with van der Waals surface area (Å²) in [5.41, 5.74) is -0.498. The topological polar surface area (TPSA) is 136 Å². The van der Waals surface area contributed by atoms with Gasteiger partial charge in [-0.25, -0.2) is 4.79 Å². The van der Waals surface area contributed by atoms with Gasteiger partial charge in [-0.3, -0.25) is 20.2 Å². The predicted octanol–water partition coefficient (Wildman–Crippen LogP) is 2.94. The fraction of sp³-hybridized carbons (Fsp3) is 0. The summed E-state index contributed by atoms with van der Waals surface area (Å²) < 4.78 is 0. The normalized spacial score (nSPS) is 10.0. The van der Waals surface area contributed by atoms with Crippen molar-refractivity contribution in [2.24, 2.45) is 0 Å². The molecule has 0 amide bonds. The lowest BCUT2D eigenvalue weighted by molar-refractivity contribution is -0.384. The number of carbonyl (C=O) groups is 1. The molecular weight excluding hydrogens is 294 g/mol. The Kier molecular flexibility index (Phi) is 3.98. The van der Waals surface area contributed by atoms with Crippen LogP contribution in [0.3, 0.4) is 0 Å². The van der Waals surface area contributed by atoms with Crippen molar-refractivity contribution < 1.29 is 19.7 Å². The van der Waals surface area contributed by atoms with E-state index in [1.807, 2.05) is 0 Å². The van der Waals surface area contributed by atoms with Crippen LogP contribution < -0.4 is 5.32 Å². The summed E-state index contributed by atoms with van der Waals surface area (Å²) in [7, 11) is 0. The van der Waals surface area contributed by atoms with Crippen LogP contribution >= 0.6 is 0 Å². The molecule has 0 bridgehead atoms. The zero-order chi connectivity index (χ0) is 16.3. The lowest BCUT2D eigenvalue weighted by atomic mass is 10.1. The van der Waals surface area contributed by atoms with Crippen LogP contribution in [0.25, 0.3) is 0 Å². The fourth-order valence-electron chi connectivity index (χ4n) is 1.78. The second-order valence-corrected chi connectivity index (χ2v) is 4.23. The van der Waals surface area contributed by atoms with Gasteiger partial charge in [-0.15, -0.1) is 0 Å². The Morgan fingerprint density at radius 3 is 2.36 bits per heavy atom. The van der Waals surface area contributed by atoms with Crippen LogP contribution in [0.5, 0.6) is 0 Å². The van der Waals surface area contributed by atoms with Crippen molar-refractivity contribution >= 4 is 28.7 Å². The van der Waals surface area contributed by atoms with Gasteiger partial charge in [0.15, 0.2) is 0 Å². The number of nitrogens with zero attached hydrogens (tertiary/aromatic N) is 2. The van der Waals surface area contributed by atoms with Crippen LogP contribution in [0.15, 0.2) is 42.5 Å². The van der Waals surface area contributed by atoms with Gasteiger partial charge in [0.05, 0.1) is 15.4 Å². The summed E-state index contributed by atoms with van der Waals surface area (Å²) in [4.78, 5) is 31.4. The molecule has 0 radical (unpaired) electrons. The highest BCUT2D eigenvalue weighted by atomic mass is 16.6. The van der Waals surface area contributed by atoms with Crippen LogP contribution in [0.4, 0.5) is 22.7 Å². The Hall–Kier alpha value is -3.49. The van der Waals surface area contributed by atoms with Gasteiger partial charge in [0.1, 0.15) is 5.69 Å². The maximum absolute atomic E-state index is 11.0.